The van der Waals surface area contributed by atoms with Crippen LogP contribution in [0.4, 0.5) is 0 Å². The van der Waals surface area contributed by atoms with Crippen LogP contribution < -0.4 is 4.74 Å². The number of hydrogen-bond donors (Lipinski definition) is 1. The van der Waals surface area contributed by atoms with E-state index in [-0.39, 0.29) is 11.5 Å². The van der Waals surface area contributed by atoms with Crippen LogP contribution in [0.25, 0.3) is 11.4 Å². The molecule has 0 atom stereocenters. The second kappa shape index (κ2) is 5.01. The van der Waals surface area contributed by atoms with E-state index in [1.54, 1.807) is 26.0 Å². The van der Waals surface area contributed by atoms with Gasteiger partial charge in [-0.1, -0.05) is 0 Å². The van der Waals surface area contributed by atoms with Gasteiger partial charge >= 0.3 is 5.97 Å². The van der Waals surface area contributed by atoms with Crippen molar-refractivity contribution in [1.82, 2.24) is 15.0 Å². The molecule has 0 amide bonds. The highest BCUT2D eigenvalue weighted by atomic mass is 16.5. The van der Waals surface area contributed by atoms with E-state index >= 15 is 0 Å². The number of nitrogens with zero attached hydrogens (tertiary/aromatic N) is 3. The number of hydrogen-bond acceptors (Lipinski definition) is 6. The summed E-state index contributed by atoms with van der Waals surface area (Å²) >= 11 is 0. The van der Waals surface area contributed by atoms with E-state index in [0.29, 0.717) is 23.0 Å². The summed E-state index contributed by atoms with van der Waals surface area (Å²) in [5.41, 5.74) is 0.463. The summed E-state index contributed by atoms with van der Waals surface area (Å²) in [6.45, 7) is 4.80. The zero-order valence-corrected chi connectivity index (χ0v) is 10.8. The normalized spacial score (nSPS) is 10.3. The van der Waals surface area contributed by atoms with Crippen molar-refractivity contribution in [2.24, 2.45) is 0 Å². The number of aromatic nitrogens is 3. The number of carbonyl (C=O) groups excluding carboxylic acids is 1. The van der Waals surface area contributed by atoms with Crippen molar-refractivity contribution in [3.05, 3.63) is 29.8 Å². The third-order valence-electron chi connectivity index (χ3n) is 2.33. The lowest BCUT2D eigenvalue weighted by molar-refractivity contribution is -0.131. The molecule has 0 unspecified atom stereocenters. The molecular weight excluding hydrogens is 246 g/mol. The Hall–Kier alpha value is -2.50. The number of benzene rings is 1. The Bertz CT molecular complexity index is 621. The lowest BCUT2D eigenvalue weighted by Crippen LogP contribution is -2.02. The number of phenols is 1. The van der Waals surface area contributed by atoms with E-state index in [4.69, 9.17) is 4.74 Å². The highest BCUT2D eigenvalue weighted by molar-refractivity contribution is 5.71. The van der Waals surface area contributed by atoms with Crippen molar-refractivity contribution in [3.63, 3.8) is 0 Å². The van der Waals surface area contributed by atoms with Gasteiger partial charge in [-0.3, -0.25) is 4.79 Å². The SMILES string of the molecule is CC(=O)Oc1ccc(-c2nc(C)nc(C)n2)c(O)c1. The van der Waals surface area contributed by atoms with Crippen LogP contribution in [0.3, 0.4) is 0 Å². The molecule has 98 valence electrons. The third kappa shape index (κ3) is 3.04. The molecular formula is C13H13N3O3. The maximum atomic E-state index is 10.8. The predicted octanol–water partition coefficient (Wildman–Crippen LogP) is 1.79. The van der Waals surface area contributed by atoms with Gasteiger partial charge in [-0.15, -0.1) is 0 Å². The molecule has 0 spiro atoms. The molecule has 6 heteroatoms. The smallest absolute Gasteiger partial charge is 0.308 e. The quantitative estimate of drug-likeness (QED) is 0.653. The number of carbonyl (C=O) groups is 1. The molecule has 2 rings (SSSR count). The van der Waals surface area contributed by atoms with E-state index in [1.807, 2.05) is 0 Å². The molecule has 0 saturated carbocycles. The Kier molecular flexibility index (Phi) is 3.41. The minimum atomic E-state index is -0.445. The molecule has 6 nitrogen and oxygen atoms in total. The van der Waals surface area contributed by atoms with Crippen LogP contribution in [0, 0.1) is 13.8 Å². The van der Waals surface area contributed by atoms with Crippen molar-refractivity contribution >= 4 is 5.97 Å². The first-order valence-corrected chi connectivity index (χ1v) is 5.67. The average molecular weight is 259 g/mol. The van der Waals surface area contributed by atoms with Gasteiger partial charge in [-0.05, 0) is 26.0 Å². The first kappa shape index (κ1) is 12.9. The summed E-state index contributed by atoms with van der Waals surface area (Å²) in [4.78, 5) is 23.2. The van der Waals surface area contributed by atoms with Crippen molar-refractivity contribution in [1.29, 1.82) is 0 Å². The lowest BCUT2D eigenvalue weighted by atomic mass is 10.2. The van der Waals surface area contributed by atoms with Crippen LogP contribution in [-0.2, 0) is 4.79 Å². The van der Waals surface area contributed by atoms with Crippen molar-refractivity contribution < 1.29 is 14.6 Å². The first-order valence-electron chi connectivity index (χ1n) is 5.67. The van der Waals surface area contributed by atoms with Crippen LogP contribution in [0.5, 0.6) is 11.5 Å². The lowest BCUT2D eigenvalue weighted by Gasteiger charge is -2.07. The second-order valence-electron chi connectivity index (χ2n) is 4.03. The van der Waals surface area contributed by atoms with Crippen LogP contribution in [0.1, 0.15) is 18.6 Å². The fraction of sp³-hybridized carbons (Fsp3) is 0.231. The van der Waals surface area contributed by atoms with Crippen LogP contribution in [-0.4, -0.2) is 26.0 Å². The molecule has 1 heterocycles. The van der Waals surface area contributed by atoms with E-state index in [0.717, 1.165) is 0 Å². The van der Waals surface area contributed by atoms with Crippen molar-refractivity contribution in [3.8, 4) is 22.9 Å². The van der Waals surface area contributed by atoms with E-state index in [2.05, 4.69) is 15.0 Å². The summed E-state index contributed by atoms with van der Waals surface area (Å²) in [6.07, 6.45) is 0. The fourth-order valence-electron chi connectivity index (χ4n) is 1.67. The van der Waals surface area contributed by atoms with Crippen molar-refractivity contribution in [2.75, 3.05) is 0 Å². The van der Waals surface area contributed by atoms with E-state index in [1.165, 1.54) is 13.0 Å². The fourth-order valence-corrected chi connectivity index (χ4v) is 1.67. The highest BCUT2D eigenvalue weighted by Crippen LogP contribution is 2.30. The molecule has 1 aromatic carbocycles. The standard InChI is InChI=1S/C13H13N3O3/c1-7-14-8(2)16-13(15-7)11-5-4-10(6-12(11)18)19-9(3)17/h4-6,18H,1-3H3. The van der Waals surface area contributed by atoms with Crippen LogP contribution >= 0.6 is 0 Å². The first-order chi connectivity index (χ1) is 8.95. The van der Waals surface area contributed by atoms with Gasteiger partial charge < -0.3 is 9.84 Å². The molecule has 0 aliphatic carbocycles. The molecule has 1 N–H and O–H groups in total. The predicted molar refractivity (Wildman–Crippen MR) is 67.7 cm³/mol. The van der Waals surface area contributed by atoms with Gasteiger partial charge in [0.05, 0.1) is 5.56 Å². The van der Waals surface area contributed by atoms with Crippen molar-refractivity contribution in [2.45, 2.75) is 20.8 Å². The Morgan fingerprint density at radius 3 is 2.32 bits per heavy atom. The zero-order valence-electron chi connectivity index (χ0n) is 10.8. The number of aryl methyl sites for hydroxylation is 2. The number of esters is 1. The molecule has 0 aliphatic rings. The summed E-state index contributed by atoms with van der Waals surface area (Å²) in [7, 11) is 0. The summed E-state index contributed by atoms with van der Waals surface area (Å²) < 4.78 is 4.88. The number of aromatic hydroxyl groups is 1. The maximum Gasteiger partial charge on any atom is 0.308 e. The number of rotatable bonds is 2. The highest BCUT2D eigenvalue weighted by Gasteiger charge is 2.11. The summed E-state index contributed by atoms with van der Waals surface area (Å²) in [5, 5.41) is 9.95. The van der Waals surface area contributed by atoms with Gasteiger partial charge in [0, 0.05) is 13.0 Å². The summed E-state index contributed by atoms with van der Waals surface area (Å²) in [5.74, 6) is 1.31. The Morgan fingerprint density at radius 1 is 1.16 bits per heavy atom. The molecule has 19 heavy (non-hydrogen) atoms. The Morgan fingerprint density at radius 2 is 1.79 bits per heavy atom. The molecule has 0 saturated heterocycles. The minimum Gasteiger partial charge on any atom is -0.507 e. The Labute approximate surface area is 110 Å². The van der Waals surface area contributed by atoms with E-state index in [9.17, 15) is 9.90 Å². The van der Waals surface area contributed by atoms with Gasteiger partial charge in [0.1, 0.15) is 23.1 Å². The van der Waals surface area contributed by atoms with Gasteiger partial charge in [-0.25, -0.2) is 15.0 Å². The topological polar surface area (TPSA) is 85.2 Å². The molecule has 0 fully saturated rings. The van der Waals surface area contributed by atoms with Crippen LogP contribution in [0.15, 0.2) is 18.2 Å². The van der Waals surface area contributed by atoms with Gasteiger partial charge in [0.2, 0.25) is 0 Å². The number of phenolic OH excluding ortho intramolecular Hbond substituents is 1. The monoisotopic (exact) mass is 259 g/mol. The number of ether oxygens (including phenoxy) is 1. The van der Waals surface area contributed by atoms with Gasteiger partial charge in [-0.2, -0.15) is 0 Å². The maximum absolute atomic E-state index is 10.8. The zero-order chi connectivity index (χ0) is 14.0. The second-order valence-corrected chi connectivity index (χ2v) is 4.03. The van der Waals surface area contributed by atoms with Crippen LogP contribution in [0.2, 0.25) is 0 Å². The van der Waals surface area contributed by atoms with E-state index < -0.39 is 5.97 Å². The average Bonchev–Trinajstić information content (AvgIpc) is 2.26. The third-order valence-corrected chi connectivity index (χ3v) is 2.33. The molecule has 0 aliphatic heterocycles. The largest absolute Gasteiger partial charge is 0.507 e. The molecule has 0 bridgehead atoms. The molecule has 0 radical (unpaired) electrons. The van der Waals surface area contributed by atoms with Gasteiger partial charge in [0.25, 0.3) is 0 Å². The Balaban J connectivity index is 2.42. The minimum absolute atomic E-state index is 0.0521. The van der Waals surface area contributed by atoms with Gasteiger partial charge in [0.15, 0.2) is 5.82 Å². The molecule has 1 aromatic heterocycles. The summed E-state index contributed by atoms with van der Waals surface area (Å²) in [6, 6.07) is 4.53. The molecule has 2 aromatic rings.